The van der Waals surface area contributed by atoms with Gasteiger partial charge in [0, 0.05) is 30.2 Å². The van der Waals surface area contributed by atoms with Crippen molar-refractivity contribution >= 4 is 23.2 Å². The minimum atomic E-state index is -0.620. The molecule has 3 aromatic carbocycles. The molecule has 0 aromatic heterocycles. The lowest BCUT2D eigenvalue weighted by Crippen LogP contribution is -2.18. The molecule has 0 atom stereocenters. The molecule has 1 aliphatic rings. The average Bonchev–Trinajstić information content (AvgIpc) is 2.89. The first-order valence-electron chi connectivity index (χ1n) is 12.1. The Morgan fingerprint density at radius 3 is 2.00 bits per heavy atom. The van der Waals surface area contributed by atoms with Crippen molar-refractivity contribution in [3.8, 4) is 0 Å². The van der Waals surface area contributed by atoms with Gasteiger partial charge in [0.2, 0.25) is 5.78 Å². The Morgan fingerprint density at radius 2 is 1.42 bits per heavy atom. The molecule has 1 aliphatic carbocycles. The summed E-state index contributed by atoms with van der Waals surface area (Å²) in [4.78, 5) is 39.9. The van der Waals surface area contributed by atoms with Crippen molar-refractivity contribution in [3.63, 3.8) is 0 Å². The molecule has 0 unspecified atom stereocenters. The predicted octanol–water partition coefficient (Wildman–Crippen LogP) is 6.68. The van der Waals surface area contributed by atoms with Crippen molar-refractivity contribution in [2.45, 2.75) is 53.9 Å². The molecule has 0 saturated carbocycles. The van der Waals surface area contributed by atoms with E-state index in [0.29, 0.717) is 24.0 Å². The van der Waals surface area contributed by atoms with E-state index in [1.807, 2.05) is 26.0 Å². The summed E-state index contributed by atoms with van der Waals surface area (Å²) in [5.74, 6) is -0.995. The van der Waals surface area contributed by atoms with Gasteiger partial charge in [-0.3, -0.25) is 14.9 Å². The molecule has 0 bridgehead atoms. The van der Waals surface area contributed by atoms with Crippen LogP contribution in [0.15, 0.2) is 71.9 Å². The average molecular weight is 489 g/mol. The molecule has 0 heterocycles. The Morgan fingerprint density at radius 1 is 0.861 bits per heavy atom. The number of nitrogens with zero attached hydrogens (tertiary/aromatic N) is 2. The number of hydrogen-bond donors (Lipinski definition) is 0. The van der Waals surface area contributed by atoms with Crippen molar-refractivity contribution in [2.24, 2.45) is 5.16 Å². The fourth-order valence-corrected chi connectivity index (χ4v) is 3.65. The summed E-state index contributed by atoms with van der Waals surface area (Å²) in [5.41, 5.74) is 4.93. The van der Waals surface area contributed by atoms with Gasteiger partial charge in [0.25, 0.3) is 5.69 Å². The molecule has 0 fully saturated rings. The molecule has 7 heteroatoms. The Labute approximate surface area is 212 Å². The summed E-state index contributed by atoms with van der Waals surface area (Å²) in [5, 5.41) is 14.9. The number of ketones is 1. The number of nitro groups is 1. The van der Waals surface area contributed by atoms with E-state index in [0.717, 1.165) is 22.3 Å². The third kappa shape index (κ3) is 7.18. The lowest BCUT2D eigenvalue weighted by Gasteiger charge is -2.20. The van der Waals surface area contributed by atoms with Crippen LogP contribution in [0.4, 0.5) is 5.69 Å². The van der Waals surface area contributed by atoms with Crippen LogP contribution in [-0.2, 0) is 22.5 Å². The number of benzene rings is 3. The zero-order chi connectivity index (χ0) is 26.7. The maximum Gasteiger partial charge on any atom is 0.332 e. The van der Waals surface area contributed by atoms with E-state index in [-0.39, 0.29) is 17.2 Å². The second-order valence-electron chi connectivity index (χ2n) is 7.97. The first-order valence-corrected chi connectivity index (χ1v) is 12.1. The zero-order valence-corrected chi connectivity index (χ0v) is 21.4. The second-order valence-corrected chi connectivity index (χ2v) is 7.97. The second kappa shape index (κ2) is 13.7. The van der Waals surface area contributed by atoms with E-state index in [2.05, 4.69) is 19.0 Å². The first kappa shape index (κ1) is 28.1. The minimum absolute atomic E-state index is 0.0302. The van der Waals surface area contributed by atoms with Crippen LogP contribution in [0, 0.1) is 10.1 Å². The highest BCUT2D eigenvalue weighted by Gasteiger charge is 2.22. The number of rotatable bonds is 5. The fraction of sp³-hybridized carbons (Fsp3) is 0.276. The molecule has 7 nitrogen and oxygen atoms in total. The monoisotopic (exact) mass is 488 g/mol. The quantitative estimate of drug-likeness (QED) is 0.103. The molecular weight excluding hydrogens is 456 g/mol. The molecular formula is C29H32N2O5. The molecule has 0 radical (unpaired) electrons. The normalized spacial score (nSPS) is 11.4. The van der Waals surface area contributed by atoms with E-state index in [1.54, 1.807) is 48.5 Å². The lowest BCUT2D eigenvalue weighted by molar-refractivity contribution is -0.384. The van der Waals surface area contributed by atoms with Crippen LogP contribution in [0.5, 0.6) is 0 Å². The zero-order valence-electron chi connectivity index (χ0n) is 21.4. The van der Waals surface area contributed by atoms with Gasteiger partial charge < -0.3 is 4.84 Å². The van der Waals surface area contributed by atoms with Crippen LogP contribution in [0.1, 0.15) is 79.2 Å². The Balaban J connectivity index is 0.000000850. The Bertz CT molecular complexity index is 1250. The van der Waals surface area contributed by atoms with Crippen LogP contribution < -0.4 is 0 Å². The maximum atomic E-state index is 13.2. The van der Waals surface area contributed by atoms with E-state index in [9.17, 15) is 19.7 Å². The largest absolute Gasteiger partial charge is 0.332 e. The van der Waals surface area contributed by atoms with E-state index < -0.39 is 10.9 Å². The number of hydrogen-bond acceptors (Lipinski definition) is 6. The summed E-state index contributed by atoms with van der Waals surface area (Å²) in [6.45, 7) is 9.46. The number of carbonyl (C=O) groups is 2. The van der Waals surface area contributed by atoms with Gasteiger partial charge in [0.15, 0.2) is 5.71 Å². The predicted molar refractivity (Wildman–Crippen MR) is 142 cm³/mol. The third-order valence-electron chi connectivity index (χ3n) is 5.16. The van der Waals surface area contributed by atoms with Gasteiger partial charge in [0.05, 0.1) is 4.92 Å². The summed E-state index contributed by atoms with van der Waals surface area (Å²) in [7, 11) is 0. The molecule has 0 spiro atoms. The number of oxime groups is 1. The van der Waals surface area contributed by atoms with Crippen molar-refractivity contribution in [3.05, 3.63) is 110 Å². The van der Waals surface area contributed by atoms with Crippen molar-refractivity contribution in [1.29, 1.82) is 0 Å². The van der Waals surface area contributed by atoms with Gasteiger partial charge in [-0.25, -0.2) is 4.79 Å². The van der Waals surface area contributed by atoms with Crippen LogP contribution in [0.25, 0.3) is 0 Å². The smallest absolute Gasteiger partial charge is 0.318 e. The van der Waals surface area contributed by atoms with E-state index in [4.69, 9.17) is 4.84 Å². The number of non-ortho nitro benzene ring substituents is 1. The van der Waals surface area contributed by atoms with Gasteiger partial charge >= 0.3 is 5.97 Å². The molecule has 36 heavy (non-hydrogen) atoms. The topological polar surface area (TPSA) is 98.9 Å². The fourth-order valence-electron chi connectivity index (χ4n) is 3.65. The standard InChI is InChI=1S/C24H18N2O5.C3H8.C2H6/c1-15(27)31-25-23(16-5-3-2-4-6-16)24(28)19-8-7-17-11-18-9-10-22(26(29)30)14-21(18)13-20(17)12-19;1-3-2;1-2/h2-10,12,14H,11,13H2,1H3;3H2,1-2H3;1-2H3/b25-23+;;. The number of fused-ring (bicyclic) bond motifs is 2. The lowest BCUT2D eigenvalue weighted by atomic mass is 9.84. The first-order chi connectivity index (χ1) is 17.3. The summed E-state index contributed by atoms with van der Waals surface area (Å²) < 4.78 is 0. The summed E-state index contributed by atoms with van der Waals surface area (Å²) in [6, 6.07) is 19.1. The molecule has 3 aromatic rings. The Kier molecular flexibility index (Phi) is 10.7. The maximum absolute atomic E-state index is 13.2. The highest BCUT2D eigenvalue weighted by molar-refractivity contribution is 6.51. The van der Waals surface area contributed by atoms with Gasteiger partial charge in [-0.15, -0.1) is 0 Å². The van der Waals surface area contributed by atoms with Crippen LogP contribution in [-0.4, -0.2) is 22.4 Å². The molecule has 188 valence electrons. The van der Waals surface area contributed by atoms with Crippen LogP contribution in [0.2, 0.25) is 0 Å². The minimum Gasteiger partial charge on any atom is -0.318 e. The molecule has 0 saturated heterocycles. The van der Waals surface area contributed by atoms with E-state index >= 15 is 0 Å². The number of nitro benzene ring substituents is 1. The number of carbonyl (C=O) groups excluding carboxylic acids is 2. The molecule has 0 aliphatic heterocycles. The van der Waals surface area contributed by atoms with Gasteiger partial charge in [-0.2, -0.15) is 0 Å². The van der Waals surface area contributed by atoms with Gasteiger partial charge in [-0.1, -0.05) is 87.8 Å². The molecule has 4 rings (SSSR count). The highest BCUT2D eigenvalue weighted by Crippen LogP contribution is 2.30. The summed E-state index contributed by atoms with van der Waals surface area (Å²) >= 11 is 0. The van der Waals surface area contributed by atoms with Gasteiger partial charge in [0.1, 0.15) is 0 Å². The number of Topliss-reactive ketones (excluding diaryl/α,β-unsaturated/α-hetero) is 1. The van der Waals surface area contributed by atoms with Crippen molar-refractivity contribution in [1.82, 2.24) is 0 Å². The summed E-state index contributed by atoms with van der Waals surface area (Å²) in [6.07, 6.45) is 2.39. The highest BCUT2D eigenvalue weighted by atomic mass is 16.7. The molecule has 0 amide bonds. The van der Waals surface area contributed by atoms with Crippen molar-refractivity contribution < 1.29 is 19.3 Å². The SMILES string of the molecule is CC.CC(=O)O/N=C(/C(=O)c1ccc2c(c1)Cc1cc([N+](=O)[O-])ccc1C2)c1ccccc1.CCC. The van der Waals surface area contributed by atoms with Crippen LogP contribution >= 0.6 is 0 Å². The van der Waals surface area contributed by atoms with Crippen molar-refractivity contribution in [2.75, 3.05) is 0 Å². The Hall–Kier alpha value is -4.13. The van der Waals surface area contributed by atoms with Crippen LogP contribution in [0.3, 0.4) is 0 Å². The van der Waals surface area contributed by atoms with E-state index in [1.165, 1.54) is 19.4 Å². The van der Waals surface area contributed by atoms with Gasteiger partial charge in [-0.05, 0) is 41.2 Å². The molecule has 0 N–H and O–H groups in total. The third-order valence-corrected chi connectivity index (χ3v) is 5.16.